The summed E-state index contributed by atoms with van der Waals surface area (Å²) in [6.07, 6.45) is 0.757. The average Bonchev–Trinajstić information content (AvgIpc) is 3.60. The van der Waals surface area contributed by atoms with E-state index in [9.17, 15) is 4.79 Å². The zero-order chi connectivity index (χ0) is 21.8. The molecule has 1 amide bonds. The van der Waals surface area contributed by atoms with Gasteiger partial charge in [0, 0.05) is 17.0 Å². The molecule has 0 saturated heterocycles. The Morgan fingerprint density at radius 1 is 0.935 bits per heavy atom. The molecule has 0 aliphatic heterocycles. The van der Waals surface area contributed by atoms with Gasteiger partial charge in [0.05, 0.1) is 25.8 Å². The van der Waals surface area contributed by atoms with Gasteiger partial charge >= 0.3 is 0 Å². The molecule has 1 aliphatic rings. The number of ether oxygens (including phenoxy) is 2. The van der Waals surface area contributed by atoms with Crippen LogP contribution in [0.5, 0.6) is 11.5 Å². The zero-order valence-corrected chi connectivity index (χ0v) is 18.0. The largest absolute Gasteiger partial charge is 0.497 e. The summed E-state index contributed by atoms with van der Waals surface area (Å²) in [6, 6.07) is 26.0. The van der Waals surface area contributed by atoms with Crippen LogP contribution in [0.15, 0.2) is 84.0 Å². The van der Waals surface area contributed by atoms with Gasteiger partial charge in [-0.1, -0.05) is 60.7 Å². The first-order valence-electron chi connectivity index (χ1n) is 10.3. The Morgan fingerprint density at radius 2 is 1.55 bits per heavy atom. The second kappa shape index (κ2) is 8.64. The Kier molecular flexibility index (Phi) is 5.76. The fourth-order valence-electron chi connectivity index (χ4n) is 4.23. The summed E-state index contributed by atoms with van der Waals surface area (Å²) in [5.74, 6) is 1.08. The molecule has 0 unspecified atom stereocenters. The molecule has 31 heavy (non-hydrogen) atoms. The van der Waals surface area contributed by atoms with E-state index in [0.717, 1.165) is 23.1 Å². The number of hydrazone groups is 1. The van der Waals surface area contributed by atoms with Crippen LogP contribution in [0.3, 0.4) is 0 Å². The van der Waals surface area contributed by atoms with Gasteiger partial charge in [-0.2, -0.15) is 5.10 Å². The highest BCUT2D eigenvalue weighted by Crippen LogP contribution is 2.58. The normalized spacial score (nSPS) is 17.0. The van der Waals surface area contributed by atoms with E-state index in [1.807, 2.05) is 55.5 Å². The van der Waals surface area contributed by atoms with E-state index in [2.05, 4.69) is 34.8 Å². The Morgan fingerprint density at radius 3 is 2.10 bits per heavy atom. The van der Waals surface area contributed by atoms with E-state index in [1.54, 1.807) is 20.3 Å². The SMILES string of the molecule is COc1ccc(/C(C)=N/NC(=O)[C@@H]2CC2(c2ccccc2)c2ccccc2)c(OC)c1. The van der Waals surface area contributed by atoms with Crippen molar-refractivity contribution in [3.05, 3.63) is 95.6 Å². The van der Waals surface area contributed by atoms with Crippen molar-refractivity contribution in [2.24, 2.45) is 11.0 Å². The number of carbonyl (C=O) groups excluding carboxylic acids is 1. The highest BCUT2D eigenvalue weighted by Gasteiger charge is 2.60. The summed E-state index contributed by atoms with van der Waals surface area (Å²) in [5.41, 5.74) is 6.24. The summed E-state index contributed by atoms with van der Waals surface area (Å²) >= 11 is 0. The minimum absolute atomic E-state index is 0.0838. The summed E-state index contributed by atoms with van der Waals surface area (Å²) in [5, 5.41) is 4.37. The highest BCUT2D eigenvalue weighted by atomic mass is 16.5. The number of nitrogens with zero attached hydrogens (tertiary/aromatic N) is 1. The molecule has 3 aromatic carbocycles. The molecule has 3 aromatic rings. The van der Waals surface area contributed by atoms with Crippen LogP contribution < -0.4 is 14.9 Å². The highest BCUT2D eigenvalue weighted by molar-refractivity contribution is 6.02. The Balaban J connectivity index is 1.57. The number of rotatable bonds is 7. The molecule has 4 rings (SSSR count). The first-order chi connectivity index (χ1) is 15.1. The second-order valence-electron chi connectivity index (χ2n) is 7.70. The Bertz CT molecular complexity index is 1050. The lowest BCUT2D eigenvalue weighted by Gasteiger charge is -2.18. The molecule has 5 heteroatoms. The van der Waals surface area contributed by atoms with Gasteiger partial charge in [0.25, 0.3) is 0 Å². The van der Waals surface area contributed by atoms with Crippen LogP contribution in [-0.2, 0) is 10.2 Å². The fraction of sp³-hybridized carbons (Fsp3) is 0.231. The van der Waals surface area contributed by atoms with Crippen molar-refractivity contribution in [2.75, 3.05) is 14.2 Å². The maximum absolute atomic E-state index is 13.1. The van der Waals surface area contributed by atoms with Crippen LogP contribution >= 0.6 is 0 Å². The van der Waals surface area contributed by atoms with E-state index in [0.29, 0.717) is 17.2 Å². The van der Waals surface area contributed by atoms with Crippen molar-refractivity contribution in [1.29, 1.82) is 0 Å². The summed E-state index contributed by atoms with van der Waals surface area (Å²) in [4.78, 5) is 13.1. The molecule has 0 aromatic heterocycles. The van der Waals surface area contributed by atoms with Gasteiger partial charge in [0.2, 0.25) is 5.91 Å². The third-order valence-corrected chi connectivity index (χ3v) is 5.99. The van der Waals surface area contributed by atoms with Gasteiger partial charge in [-0.25, -0.2) is 5.43 Å². The Labute approximate surface area is 182 Å². The monoisotopic (exact) mass is 414 g/mol. The molecule has 5 nitrogen and oxygen atoms in total. The predicted octanol–water partition coefficient (Wildman–Crippen LogP) is 4.55. The van der Waals surface area contributed by atoms with E-state index >= 15 is 0 Å². The third kappa shape index (κ3) is 3.91. The first-order valence-corrected chi connectivity index (χ1v) is 10.3. The lowest BCUT2D eigenvalue weighted by molar-refractivity contribution is -0.122. The molecule has 0 bridgehead atoms. The van der Waals surface area contributed by atoms with Gasteiger partial charge in [-0.3, -0.25) is 4.79 Å². The van der Waals surface area contributed by atoms with Crippen LogP contribution in [0.2, 0.25) is 0 Å². The average molecular weight is 415 g/mol. The molecular formula is C26H26N2O3. The second-order valence-corrected chi connectivity index (χ2v) is 7.70. The molecule has 0 radical (unpaired) electrons. The summed E-state index contributed by atoms with van der Waals surface area (Å²) < 4.78 is 10.7. The standard InChI is InChI=1S/C26H26N2O3/c1-18(22-15-14-21(30-2)16-24(22)31-3)27-28-25(29)23-17-26(23,19-10-6-4-7-11-19)20-12-8-5-9-13-20/h4-16,23H,17H2,1-3H3,(H,28,29)/b27-18+/t23-/m0/s1. The van der Waals surface area contributed by atoms with Crippen LogP contribution in [0.1, 0.15) is 30.0 Å². The third-order valence-electron chi connectivity index (χ3n) is 5.99. The molecule has 1 N–H and O–H groups in total. The van der Waals surface area contributed by atoms with E-state index < -0.39 is 0 Å². The van der Waals surface area contributed by atoms with Gasteiger partial charge < -0.3 is 9.47 Å². The van der Waals surface area contributed by atoms with Crippen LogP contribution in [0.25, 0.3) is 0 Å². The van der Waals surface area contributed by atoms with Crippen molar-refractivity contribution >= 4 is 11.6 Å². The molecule has 0 spiro atoms. The van der Waals surface area contributed by atoms with Crippen LogP contribution in [0, 0.1) is 5.92 Å². The van der Waals surface area contributed by atoms with Crippen molar-refractivity contribution in [3.63, 3.8) is 0 Å². The fourth-order valence-corrected chi connectivity index (χ4v) is 4.23. The maximum Gasteiger partial charge on any atom is 0.244 e. The predicted molar refractivity (Wildman–Crippen MR) is 122 cm³/mol. The number of carbonyl (C=O) groups is 1. The summed E-state index contributed by atoms with van der Waals surface area (Å²) in [6.45, 7) is 1.85. The van der Waals surface area contributed by atoms with Crippen molar-refractivity contribution in [1.82, 2.24) is 5.43 Å². The number of benzene rings is 3. The summed E-state index contributed by atoms with van der Waals surface area (Å²) in [7, 11) is 3.21. The molecule has 1 atom stereocenters. The smallest absolute Gasteiger partial charge is 0.244 e. The minimum atomic E-state index is -0.312. The molecular weight excluding hydrogens is 388 g/mol. The number of nitrogens with one attached hydrogen (secondary N) is 1. The molecule has 158 valence electrons. The van der Waals surface area contributed by atoms with Gasteiger partial charge in [0.15, 0.2) is 0 Å². The topological polar surface area (TPSA) is 59.9 Å². The lowest BCUT2D eigenvalue weighted by Crippen LogP contribution is -2.26. The van der Waals surface area contributed by atoms with E-state index in [-0.39, 0.29) is 17.2 Å². The van der Waals surface area contributed by atoms with Gasteiger partial charge in [-0.15, -0.1) is 0 Å². The first kappa shape index (κ1) is 20.7. The van der Waals surface area contributed by atoms with Gasteiger partial charge in [-0.05, 0) is 36.6 Å². The van der Waals surface area contributed by atoms with Gasteiger partial charge in [0.1, 0.15) is 11.5 Å². The molecule has 1 aliphatic carbocycles. The minimum Gasteiger partial charge on any atom is -0.497 e. The maximum atomic E-state index is 13.1. The van der Waals surface area contributed by atoms with E-state index in [1.165, 1.54) is 0 Å². The Hall–Kier alpha value is -3.60. The number of amides is 1. The lowest BCUT2D eigenvalue weighted by atomic mass is 9.85. The molecule has 1 saturated carbocycles. The number of hydrogen-bond donors (Lipinski definition) is 1. The number of hydrogen-bond acceptors (Lipinski definition) is 4. The quantitative estimate of drug-likeness (QED) is 0.456. The van der Waals surface area contributed by atoms with Crippen molar-refractivity contribution in [3.8, 4) is 11.5 Å². The van der Waals surface area contributed by atoms with Crippen molar-refractivity contribution in [2.45, 2.75) is 18.8 Å². The molecule has 1 fully saturated rings. The van der Waals surface area contributed by atoms with Crippen LogP contribution in [-0.4, -0.2) is 25.8 Å². The van der Waals surface area contributed by atoms with Crippen LogP contribution in [0.4, 0.5) is 0 Å². The van der Waals surface area contributed by atoms with E-state index in [4.69, 9.17) is 9.47 Å². The van der Waals surface area contributed by atoms with Crippen molar-refractivity contribution < 1.29 is 14.3 Å². The molecule has 0 heterocycles. The number of methoxy groups -OCH3 is 2. The zero-order valence-electron chi connectivity index (χ0n) is 18.0.